The monoisotopic (exact) mass is 315 g/mol. The van der Waals surface area contributed by atoms with Crippen LogP contribution in [0, 0.1) is 5.92 Å². The van der Waals surface area contributed by atoms with E-state index >= 15 is 0 Å². The Morgan fingerprint density at radius 3 is 2.55 bits per heavy atom. The molecule has 0 unspecified atom stereocenters. The summed E-state index contributed by atoms with van der Waals surface area (Å²) in [6, 6.07) is 5.97. The summed E-state index contributed by atoms with van der Waals surface area (Å²) >= 11 is 0. The van der Waals surface area contributed by atoms with Crippen LogP contribution >= 0.6 is 10.7 Å². The van der Waals surface area contributed by atoms with Gasteiger partial charge in [-0.1, -0.05) is 6.07 Å². The standard InChI is InChI=1S/C14H18ClNO3S/c1-10(2)16(9-11-6-7-11)14(17)12-4-3-5-13(8-12)20(15,18)19/h3-5,8,10-11H,6-7,9H2,1-2H3. The van der Waals surface area contributed by atoms with Crippen LogP contribution in [0.2, 0.25) is 0 Å². The van der Waals surface area contributed by atoms with E-state index in [2.05, 4.69) is 0 Å². The Hall–Kier alpha value is -1.07. The lowest BCUT2D eigenvalue weighted by Crippen LogP contribution is -2.38. The molecule has 1 saturated carbocycles. The summed E-state index contributed by atoms with van der Waals surface area (Å²) in [5.41, 5.74) is 0.362. The van der Waals surface area contributed by atoms with Crippen LogP contribution < -0.4 is 0 Å². The zero-order chi connectivity index (χ0) is 14.9. The number of halogens is 1. The molecule has 1 aliphatic carbocycles. The molecule has 1 fully saturated rings. The number of nitrogens with zero attached hydrogens (tertiary/aromatic N) is 1. The lowest BCUT2D eigenvalue weighted by molar-refractivity contribution is 0.0696. The third-order valence-corrected chi connectivity index (χ3v) is 4.75. The number of rotatable bonds is 5. The molecule has 1 amide bonds. The highest BCUT2D eigenvalue weighted by molar-refractivity contribution is 8.13. The van der Waals surface area contributed by atoms with Gasteiger partial charge in [-0.2, -0.15) is 0 Å². The highest BCUT2D eigenvalue weighted by Crippen LogP contribution is 2.31. The Balaban J connectivity index is 2.26. The summed E-state index contributed by atoms with van der Waals surface area (Å²) in [6.07, 6.45) is 2.32. The molecule has 0 saturated heterocycles. The number of amides is 1. The van der Waals surface area contributed by atoms with Crippen LogP contribution in [0.15, 0.2) is 29.2 Å². The Labute approximate surface area is 124 Å². The van der Waals surface area contributed by atoms with Gasteiger partial charge >= 0.3 is 0 Å². The van der Waals surface area contributed by atoms with E-state index < -0.39 is 9.05 Å². The van der Waals surface area contributed by atoms with Gasteiger partial charge in [0.15, 0.2) is 0 Å². The largest absolute Gasteiger partial charge is 0.336 e. The minimum atomic E-state index is -3.81. The number of hydrogen-bond acceptors (Lipinski definition) is 3. The first-order chi connectivity index (χ1) is 9.29. The van der Waals surface area contributed by atoms with Gasteiger partial charge in [0.05, 0.1) is 4.90 Å². The molecular formula is C14H18ClNO3S. The molecule has 0 spiro atoms. The molecular weight excluding hydrogens is 298 g/mol. The van der Waals surface area contributed by atoms with Gasteiger partial charge in [-0.15, -0.1) is 0 Å². The average molecular weight is 316 g/mol. The summed E-state index contributed by atoms with van der Waals surface area (Å²) in [6.45, 7) is 4.65. The van der Waals surface area contributed by atoms with E-state index in [0.717, 1.165) is 19.4 Å². The lowest BCUT2D eigenvalue weighted by Gasteiger charge is -2.27. The first kappa shape index (κ1) is 15.3. The molecule has 0 aliphatic heterocycles. The molecule has 0 bridgehead atoms. The van der Waals surface area contributed by atoms with E-state index in [1.54, 1.807) is 11.0 Å². The predicted molar refractivity (Wildman–Crippen MR) is 78.4 cm³/mol. The zero-order valence-corrected chi connectivity index (χ0v) is 13.1. The van der Waals surface area contributed by atoms with Crippen molar-refractivity contribution in [3.63, 3.8) is 0 Å². The van der Waals surface area contributed by atoms with Gasteiger partial charge in [-0.05, 0) is 50.8 Å². The quantitative estimate of drug-likeness (QED) is 0.785. The van der Waals surface area contributed by atoms with Crippen LogP contribution in [-0.2, 0) is 9.05 Å². The van der Waals surface area contributed by atoms with Gasteiger partial charge in [-0.25, -0.2) is 8.42 Å². The molecule has 0 heterocycles. The first-order valence-electron chi connectivity index (χ1n) is 6.64. The maximum atomic E-state index is 12.5. The van der Waals surface area contributed by atoms with Crippen LogP contribution in [0.1, 0.15) is 37.0 Å². The van der Waals surface area contributed by atoms with E-state index in [1.807, 2.05) is 13.8 Å². The molecule has 1 aromatic rings. The fourth-order valence-corrected chi connectivity index (χ4v) is 2.85. The molecule has 0 radical (unpaired) electrons. The van der Waals surface area contributed by atoms with Crippen molar-refractivity contribution in [1.29, 1.82) is 0 Å². The SMILES string of the molecule is CC(C)N(CC1CC1)C(=O)c1cccc(S(=O)(=O)Cl)c1. The van der Waals surface area contributed by atoms with Gasteiger partial charge in [0, 0.05) is 28.8 Å². The summed E-state index contributed by atoms with van der Waals surface area (Å²) < 4.78 is 22.7. The van der Waals surface area contributed by atoms with Gasteiger partial charge in [0.2, 0.25) is 0 Å². The minimum absolute atomic E-state index is 0.0415. The summed E-state index contributed by atoms with van der Waals surface area (Å²) in [5, 5.41) is 0. The molecule has 6 heteroatoms. The van der Waals surface area contributed by atoms with Crippen molar-refractivity contribution < 1.29 is 13.2 Å². The van der Waals surface area contributed by atoms with Crippen LogP contribution in [0.5, 0.6) is 0 Å². The van der Waals surface area contributed by atoms with Crippen LogP contribution in [0.25, 0.3) is 0 Å². The number of carbonyl (C=O) groups excluding carboxylic acids is 1. The molecule has 1 aromatic carbocycles. The topological polar surface area (TPSA) is 54.5 Å². The van der Waals surface area contributed by atoms with E-state index in [1.165, 1.54) is 18.2 Å². The van der Waals surface area contributed by atoms with Crippen molar-refractivity contribution in [3.8, 4) is 0 Å². The Morgan fingerprint density at radius 1 is 1.40 bits per heavy atom. The molecule has 0 N–H and O–H groups in total. The van der Waals surface area contributed by atoms with E-state index in [9.17, 15) is 13.2 Å². The number of benzene rings is 1. The smallest absolute Gasteiger partial charge is 0.261 e. The van der Waals surface area contributed by atoms with Crippen molar-refractivity contribution >= 4 is 25.6 Å². The highest BCUT2D eigenvalue weighted by Gasteiger charge is 2.29. The summed E-state index contributed by atoms with van der Waals surface area (Å²) in [7, 11) is 1.50. The molecule has 2 rings (SSSR count). The second kappa shape index (κ2) is 5.74. The molecule has 4 nitrogen and oxygen atoms in total. The molecule has 20 heavy (non-hydrogen) atoms. The Bertz CT molecular complexity index is 609. The average Bonchev–Trinajstić information content (AvgIpc) is 3.18. The van der Waals surface area contributed by atoms with Gasteiger partial charge in [0.1, 0.15) is 0 Å². The maximum Gasteiger partial charge on any atom is 0.261 e. The molecule has 1 aliphatic rings. The molecule has 0 atom stereocenters. The zero-order valence-electron chi connectivity index (χ0n) is 11.5. The Morgan fingerprint density at radius 2 is 2.05 bits per heavy atom. The van der Waals surface area contributed by atoms with Crippen LogP contribution in [0.4, 0.5) is 0 Å². The molecule has 110 valence electrons. The first-order valence-corrected chi connectivity index (χ1v) is 8.95. The van der Waals surface area contributed by atoms with E-state index in [-0.39, 0.29) is 16.8 Å². The van der Waals surface area contributed by atoms with Crippen molar-refractivity contribution in [2.75, 3.05) is 6.54 Å². The van der Waals surface area contributed by atoms with E-state index in [0.29, 0.717) is 11.5 Å². The Kier molecular flexibility index (Phi) is 4.39. The second-order valence-electron chi connectivity index (χ2n) is 5.46. The highest BCUT2D eigenvalue weighted by atomic mass is 35.7. The van der Waals surface area contributed by atoms with Crippen molar-refractivity contribution in [2.45, 2.75) is 37.6 Å². The third-order valence-electron chi connectivity index (χ3n) is 3.40. The van der Waals surface area contributed by atoms with Crippen LogP contribution in [-0.4, -0.2) is 31.8 Å². The maximum absolute atomic E-state index is 12.5. The summed E-state index contributed by atoms with van der Waals surface area (Å²) in [5.74, 6) is 0.440. The predicted octanol–water partition coefficient (Wildman–Crippen LogP) is 2.87. The van der Waals surface area contributed by atoms with Gasteiger partial charge < -0.3 is 4.90 Å². The van der Waals surface area contributed by atoms with Crippen molar-refractivity contribution in [2.24, 2.45) is 5.92 Å². The fourth-order valence-electron chi connectivity index (χ4n) is 2.05. The minimum Gasteiger partial charge on any atom is -0.336 e. The number of carbonyl (C=O) groups is 1. The van der Waals surface area contributed by atoms with E-state index in [4.69, 9.17) is 10.7 Å². The number of hydrogen-bond donors (Lipinski definition) is 0. The second-order valence-corrected chi connectivity index (χ2v) is 8.03. The summed E-state index contributed by atoms with van der Waals surface area (Å²) in [4.78, 5) is 14.3. The van der Waals surface area contributed by atoms with Crippen LogP contribution in [0.3, 0.4) is 0 Å². The molecule has 0 aromatic heterocycles. The third kappa shape index (κ3) is 3.73. The van der Waals surface area contributed by atoms with Crippen molar-refractivity contribution in [3.05, 3.63) is 29.8 Å². The fraction of sp³-hybridized carbons (Fsp3) is 0.500. The van der Waals surface area contributed by atoms with Gasteiger partial charge in [-0.3, -0.25) is 4.79 Å². The van der Waals surface area contributed by atoms with Crippen molar-refractivity contribution in [1.82, 2.24) is 4.90 Å². The lowest BCUT2D eigenvalue weighted by atomic mass is 10.1. The normalized spacial score (nSPS) is 15.4. The van der Waals surface area contributed by atoms with Gasteiger partial charge in [0.25, 0.3) is 15.0 Å².